The van der Waals surface area contributed by atoms with Crippen LogP contribution < -0.4 is 10.1 Å². The monoisotopic (exact) mass is 361 g/mol. The first-order valence-corrected chi connectivity index (χ1v) is 8.17. The minimum absolute atomic E-state index is 0.428. The summed E-state index contributed by atoms with van der Waals surface area (Å²) in [6, 6.07) is 11.7. The molecule has 1 atom stereocenters. The highest BCUT2D eigenvalue weighted by Crippen LogP contribution is 2.32. The zero-order valence-electron chi connectivity index (χ0n) is 14.1. The van der Waals surface area contributed by atoms with E-state index in [0.29, 0.717) is 24.3 Å². The number of hydrogen-bond acceptors (Lipinski definition) is 4. The first-order chi connectivity index (χ1) is 12.5. The molecule has 0 aliphatic heterocycles. The van der Waals surface area contributed by atoms with Crippen LogP contribution in [0.25, 0.3) is 10.9 Å². The maximum absolute atomic E-state index is 12.7. The molecule has 4 nitrogen and oxygen atoms in total. The molecule has 1 N–H and O–H groups in total. The van der Waals surface area contributed by atoms with Gasteiger partial charge in [0.05, 0.1) is 5.52 Å². The molecule has 0 fully saturated rings. The predicted molar refractivity (Wildman–Crippen MR) is 92.9 cm³/mol. The molecule has 0 saturated carbocycles. The van der Waals surface area contributed by atoms with Crippen LogP contribution in [0.5, 0.6) is 5.75 Å². The van der Waals surface area contributed by atoms with Crippen LogP contribution in [0.4, 0.5) is 13.2 Å². The van der Waals surface area contributed by atoms with Gasteiger partial charge in [0, 0.05) is 29.8 Å². The Balaban J connectivity index is 1.90. The summed E-state index contributed by atoms with van der Waals surface area (Å²) in [5.74, 6) is 0.636. The molecule has 3 rings (SSSR count). The van der Waals surface area contributed by atoms with Crippen molar-refractivity contribution >= 4 is 10.9 Å². The molecule has 0 spiro atoms. The normalized spacial score (nSPS) is 12.9. The summed E-state index contributed by atoms with van der Waals surface area (Å²) in [4.78, 5) is 7.84. The van der Waals surface area contributed by atoms with Crippen molar-refractivity contribution in [3.63, 3.8) is 0 Å². The van der Waals surface area contributed by atoms with Crippen LogP contribution in [0.1, 0.15) is 23.8 Å². The van der Waals surface area contributed by atoms with Crippen LogP contribution in [-0.4, -0.2) is 23.6 Å². The molecular formula is C19H18F3N3O. The molecule has 0 radical (unpaired) electrons. The van der Waals surface area contributed by atoms with E-state index in [2.05, 4.69) is 15.3 Å². The second-order valence-electron chi connectivity index (χ2n) is 5.80. The van der Waals surface area contributed by atoms with Gasteiger partial charge in [-0.2, -0.15) is 13.2 Å². The molecule has 3 aromatic rings. The summed E-state index contributed by atoms with van der Waals surface area (Å²) in [7, 11) is 1.81. The largest absolute Gasteiger partial charge is 0.485 e. The quantitative estimate of drug-likeness (QED) is 0.708. The Morgan fingerprint density at radius 2 is 1.92 bits per heavy atom. The Bertz CT molecular complexity index is 861. The van der Waals surface area contributed by atoms with E-state index in [1.165, 1.54) is 12.3 Å². The molecule has 0 saturated heterocycles. The van der Waals surface area contributed by atoms with Crippen molar-refractivity contribution in [3.8, 4) is 5.75 Å². The van der Waals surface area contributed by atoms with E-state index in [0.717, 1.165) is 17.0 Å². The Morgan fingerprint density at radius 3 is 2.62 bits per heavy atom. The van der Waals surface area contributed by atoms with Gasteiger partial charge in [0.15, 0.2) is 0 Å². The van der Waals surface area contributed by atoms with Gasteiger partial charge in [-0.3, -0.25) is 9.97 Å². The van der Waals surface area contributed by atoms with Gasteiger partial charge in [0.1, 0.15) is 17.5 Å². The fourth-order valence-corrected chi connectivity index (χ4v) is 2.66. The summed E-state index contributed by atoms with van der Waals surface area (Å²) in [6.45, 7) is 0.648. The van der Waals surface area contributed by atoms with E-state index < -0.39 is 18.0 Å². The average Bonchev–Trinajstić information content (AvgIpc) is 2.64. The Morgan fingerprint density at radius 1 is 1.08 bits per heavy atom. The second-order valence-corrected chi connectivity index (χ2v) is 5.80. The van der Waals surface area contributed by atoms with Gasteiger partial charge in [0.2, 0.25) is 0 Å². The van der Waals surface area contributed by atoms with Crippen molar-refractivity contribution < 1.29 is 17.9 Å². The average molecular weight is 361 g/mol. The minimum Gasteiger partial charge on any atom is -0.485 e. The molecule has 2 aromatic heterocycles. The van der Waals surface area contributed by atoms with Crippen molar-refractivity contribution in [1.82, 2.24) is 15.3 Å². The lowest BCUT2D eigenvalue weighted by molar-refractivity contribution is -0.141. The van der Waals surface area contributed by atoms with Gasteiger partial charge in [-0.25, -0.2) is 0 Å². The SMILES string of the molecule is CNCCC(Oc1cccc2ncccc12)c1ccc(C(F)(F)F)nc1. The van der Waals surface area contributed by atoms with E-state index in [9.17, 15) is 13.2 Å². The van der Waals surface area contributed by atoms with Gasteiger partial charge in [0.25, 0.3) is 0 Å². The van der Waals surface area contributed by atoms with Crippen LogP contribution in [-0.2, 0) is 6.18 Å². The molecule has 0 bridgehead atoms. The second kappa shape index (κ2) is 7.70. The summed E-state index contributed by atoms with van der Waals surface area (Å²) >= 11 is 0. The van der Waals surface area contributed by atoms with Crippen LogP contribution >= 0.6 is 0 Å². The third-order valence-corrected chi connectivity index (χ3v) is 3.98. The zero-order chi connectivity index (χ0) is 18.6. The number of ether oxygens (including phenoxy) is 1. The fraction of sp³-hybridized carbons (Fsp3) is 0.263. The number of nitrogens with zero attached hydrogens (tertiary/aromatic N) is 2. The lowest BCUT2D eigenvalue weighted by Crippen LogP contribution is -2.17. The number of alkyl halides is 3. The highest BCUT2D eigenvalue weighted by molar-refractivity contribution is 5.84. The minimum atomic E-state index is -4.46. The van der Waals surface area contributed by atoms with Gasteiger partial charge >= 0.3 is 6.18 Å². The summed E-state index contributed by atoms with van der Waals surface area (Å²) < 4.78 is 44.3. The number of fused-ring (bicyclic) bond motifs is 1. The topological polar surface area (TPSA) is 47.0 Å². The maximum atomic E-state index is 12.7. The molecule has 2 heterocycles. The van der Waals surface area contributed by atoms with Crippen LogP contribution in [0.15, 0.2) is 54.9 Å². The van der Waals surface area contributed by atoms with Crippen molar-refractivity contribution in [2.24, 2.45) is 0 Å². The summed E-state index contributed by atoms with van der Waals surface area (Å²) in [6.07, 6.45) is -1.37. The molecule has 0 aliphatic carbocycles. The standard InChI is InChI=1S/C19H18F3N3O/c1-23-11-9-16(13-7-8-18(25-12-13)19(20,21)22)26-17-6-2-5-15-14(17)4-3-10-24-15/h2-8,10,12,16,23H,9,11H2,1H3. The summed E-state index contributed by atoms with van der Waals surface area (Å²) in [5.41, 5.74) is 0.472. The fourth-order valence-electron chi connectivity index (χ4n) is 2.66. The number of benzene rings is 1. The number of nitrogens with one attached hydrogen (secondary N) is 1. The molecule has 1 unspecified atom stereocenters. The number of pyridine rings is 2. The lowest BCUT2D eigenvalue weighted by atomic mass is 10.1. The number of halogens is 3. The van der Waals surface area contributed by atoms with Crippen LogP contribution in [0.3, 0.4) is 0 Å². The molecule has 1 aromatic carbocycles. The maximum Gasteiger partial charge on any atom is 0.433 e. The predicted octanol–water partition coefficient (Wildman–Crippen LogP) is 4.38. The van der Waals surface area contributed by atoms with E-state index in [1.807, 2.05) is 37.4 Å². The highest BCUT2D eigenvalue weighted by atomic mass is 19.4. The Hall–Kier alpha value is -2.67. The van der Waals surface area contributed by atoms with Gasteiger partial charge in [-0.05, 0) is 43.9 Å². The summed E-state index contributed by atoms with van der Waals surface area (Å²) in [5, 5.41) is 3.88. The zero-order valence-corrected chi connectivity index (χ0v) is 14.1. The lowest BCUT2D eigenvalue weighted by Gasteiger charge is -2.21. The number of hydrogen-bond donors (Lipinski definition) is 1. The first-order valence-electron chi connectivity index (χ1n) is 8.17. The number of aromatic nitrogens is 2. The third-order valence-electron chi connectivity index (χ3n) is 3.98. The van der Waals surface area contributed by atoms with Crippen LogP contribution in [0.2, 0.25) is 0 Å². The van der Waals surface area contributed by atoms with Crippen LogP contribution in [0, 0.1) is 0 Å². The van der Waals surface area contributed by atoms with Crippen molar-refractivity contribution in [2.45, 2.75) is 18.7 Å². The van der Waals surface area contributed by atoms with Gasteiger partial charge in [-0.15, -0.1) is 0 Å². The van der Waals surface area contributed by atoms with Crippen molar-refractivity contribution in [1.29, 1.82) is 0 Å². The highest BCUT2D eigenvalue weighted by Gasteiger charge is 2.32. The molecule has 136 valence electrons. The van der Waals surface area contributed by atoms with Crippen molar-refractivity contribution in [2.75, 3.05) is 13.6 Å². The molecule has 0 amide bonds. The third kappa shape index (κ3) is 4.11. The van der Waals surface area contributed by atoms with Crippen molar-refractivity contribution in [3.05, 3.63) is 66.1 Å². The van der Waals surface area contributed by atoms with Gasteiger partial charge in [-0.1, -0.05) is 12.1 Å². The first kappa shape index (κ1) is 18.1. The van der Waals surface area contributed by atoms with Gasteiger partial charge < -0.3 is 10.1 Å². The van der Waals surface area contributed by atoms with E-state index in [-0.39, 0.29) is 0 Å². The van der Waals surface area contributed by atoms with E-state index >= 15 is 0 Å². The van der Waals surface area contributed by atoms with E-state index in [1.54, 1.807) is 6.20 Å². The molecule has 26 heavy (non-hydrogen) atoms. The smallest absolute Gasteiger partial charge is 0.433 e. The molecule has 7 heteroatoms. The molecular weight excluding hydrogens is 343 g/mol. The molecule has 0 aliphatic rings. The Labute approximate surface area is 149 Å². The Kier molecular flexibility index (Phi) is 5.37. The van der Waals surface area contributed by atoms with E-state index in [4.69, 9.17) is 4.74 Å². The number of rotatable bonds is 6.